The Balaban J connectivity index is 2.26. The molecule has 2 nitrogen and oxygen atoms in total. The molecule has 1 aromatic carbocycles. The second-order valence-electron chi connectivity index (χ2n) is 3.34. The molecule has 0 N–H and O–H groups in total. The summed E-state index contributed by atoms with van der Waals surface area (Å²) in [6.07, 6.45) is 3.83. The molecule has 2 aromatic rings. The first-order valence-corrected chi connectivity index (χ1v) is 7.30. The molecule has 0 aliphatic rings. The van der Waals surface area contributed by atoms with Gasteiger partial charge in [-0.3, -0.25) is 0 Å². The molecule has 0 fully saturated rings. The molecular formula is C13H7N2SZn-. The second-order valence-corrected chi connectivity index (χ2v) is 6.92. The minimum absolute atomic E-state index is 0.799. The molecule has 0 amide bonds. The first-order chi connectivity index (χ1) is 8.29. The number of hydrogen-bond donors (Lipinski definition) is 0. The molecule has 1 aromatic heterocycles. The van der Waals surface area contributed by atoms with E-state index in [1.807, 2.05) is 42.5 Å². The molecule has 0 unspecified atom stereocenters. The Bertz CT molecular complexity index is 629. The third-order valence-corrected chi connectivity index (χ3v) is 4.05. The molecule has 0 atom stereocenters. The monoisotopic (exact) mass is 287 g/mol. The number of pyridine rings is 1. The third kappa shape index (κ3) is 3.33. The summed E-state index contributed by atoms with van der Waals surface area (Å²) in [7, 11) is 0. The number of aromatic nitrogens is 1. The fraction of sp³-hybridized carbons (Fsp3) is 0. The van der Waals surface area contributed by atoms with E-state index in [2.05, 4.69) is 16.5 Å². The number of para-hydroxylation sites is 1. The predicted molar refractivity (Wildman–Crippen MR) is 67.8 cm³/mol. The van der Waals surface area contributed by atoms with Crippen LogP contribution in [0.2, 0.25) is 0 Å². The van der Waals surface area contributed by atoms with Gasteiger partial charge in [-0.1, -0.05) is 0 Å². The minimum atomic E-state index is 0.799. The SMILES string of the molecule is N#CS[C](=[Zn])/C=C\c1[c-]cc2ccccc2n1. The Morgan fingerprint density at radius 3 is 3.12 bits per heavy atom. The number of rotatable bonds is 3. The molecule has 0 bridgehead atoms. The van der Waals surface area contributed by atoms with Crippen molar-refractivity contribution in [2.24, 2.45) is 0 Å². The van der Waals surface area contributed by atoms with E-state index < -0.39 is 0 Å². The van der Waals surface area contributed by atoms with Gasteiger partial charge in [0.25, 0.3) is 0 Å². The van der Waals surface area contributed by atoms with Gasteiger partial charge in [-0.15, -0.1) is 0 Å². The van der Waals surface area contributed by atoms with Gasteiger partial charge in [0.05, 0.1) is 0 Å². The maximum atomic E-state index is 8.53. The van der Waals surface area contributed by atoms with Gasteiger partial charge in [-0.25, -0.2) is 0 Å². The van der Waals surface area contributed by atoms with Crippen LogP contribution in [0.4, 0.5) is 0 Å². The third-order valence-electron chi connectivity index (χ3n) is 2.16. The molecule has 0 saturated carbocycles. The van der Waals surface area contributed by atoms with Crippen LogP contribution in [0.25, 0.3) is 17.0 Å². The van der Waals surface area contributed by atoms with Crippen molar-refractivity contribution < 1.29 is 17.9 Å². The van der Waals surface area contributed by atoms with Crippen molar-refractivity contribution in [2.75, 3.05) is 0 Å². The van der Waals surface area contributed by atoms with Gasteiger partial charge in [-0.2, -0.15) is 0 Å². The van der Waals surface area contributed by atoms with Crippen molar-refractivity contribution in [2.45, 2.75) is 0 Å². The van der Waals surface area contributed by atoms with Crippen LogP contribution in [0.3, 0.4) is 0 Å². The van der Waals surface area contributed by atoms with Gasteiger partial charge in [-0.05, 0) is 0 Å². The Kier molecular flexibility index (Phi) is 4.20. The number of fused-ring (bicyclic) bond motifs is 1. The van der Waals surface area contributed by atoms with Crippen LogP contribution in [-0.2, 0) is 17.9 Å². The molecule has 4 heteroatoms. The topological polar surface area (TPSA) is 36.7 Å². The van der Waals surface area contributed by atoms with E-state index in [4.69, 9.17) is 5.26 Å². The van der Waals surface area contributed by atoms with Crippen molar-refractivity contribution in [3.05, 3.63) is 48.2 Å². The zero-order valence-corrected chi connectivity index (χ0v) is 12.8. The van der Waals surface area contributed by atoms with Gasteiger partial charge < -0.3 is 0 Å². The number of thioether (sulfide) groups is 1. The van der Waals surface area contributed by atoms with E-state index in [0.717, 1.165) is 37.9 Å². The fourth-order valence-corrected chi connectivity index (χ4v) is 2.28. The van der Waals surface area contributed by atoms with Gasteiger partial charge in [0.15, 0.2) is 0 Å². The number of nitrogens with zero attached hydrogens (tertiary/aromatic N) is 2. The normalized spacial score (nSPS) is 10.6. The fourth-order valence-electron chi connectivity index (χ4n) is 1.38. The standard InChI is InChI=1S/C13H7N2S.Zn/c14-10-16-9-3-5-12-8-7-11-4-1-2-6-13(11)15-12;/h1-7H;/q-1;/b5-3-;. The summed E-state index contributed by atoms with van der Waals surface area (Å²) in [5.41, 5.74) is 1.76. The summed E-state index contributed by atoms with van der Waals surface area (Å²) in [5, 5.41) is 11.7. The molecule has 1 heterocycles. The average Bonchev–Trinajstić information content (AvgIpc) is 2.36. The number of hydrogen-bond acceptors (Lipinski definition) is 3. The van der Waals surface area contributed by atoms with Crippen molar-refractivity contribution in [3.8, 4) is 5.40 Å². The number of benzene rings is 1. The molecule has 17 heavy (non-hydrogen) atoms. The molecule has 0 saturated heterocycles. The van der Waals surface area contributed by atoms with Crippen LogP contribution in [0.5, 0.6) is 0 Å². The molecule has 2 rings (SSSR count). The van der Waals surface area contributed by atoms with Gasteiger partial charge in [0.2, 0.25) is 0 Å². The summed E-state index contributed by atoms with van der Waals surface area (Å²) in [4.78, 5) is 4.47. The zero-order chi connectivity index (χ0) is 12.1. The van der Waals surface area contributed by atoms with Crippen molar-refractivity contribution in [3.63, 3.8) is 0 Å². The van der Waals surface area contributed by atoms with Crippen LogP contribution >= 0.6 is 11.8 Å². The summed E-state index contributed by atoms with van der Waals surface area (Å²) in [5.74, 6) is 0. The van der Waals surface area contributed by atoms with E-state index >= 15 is 0 Å². The van der Waals surface area contributed by atoms with Crippen molar-refractivity contribution in [1.29, 1.82) is 5.26 Å². The molecule has 0 aliphatic carbocycles. The summed E-state index contributed by atoms with van der Waals surface area (Å²) in [6.45, 7) is 0. The van der Waals surface area contributed by atoms with Crippen LogP contribution in [0.1, 0.15) is 5.69 Å². The molecule has 0 aliphatic heterocycles. The Hall–Kier alpha value is -1.30. The van der Waals surface area contributed by atoms with Gasteiger partial charge >= 0.3 is 114 Å². The predicted octanol–water partition coefficient (Wildman–Crippen LogP) is 2.94. The Morgan fingerprint density at radius 2 is 2.29 bits per heavy atom. The van der Waals surface area contributed by atoms with Crippen molar-refractivity contribution >= 4 is 32.2 Å². The molecule has 0 radical (unpaired) electrons. The maximum absolute atomic E-state index is 8.53. The Morgan fingerprint density at radius 1 is 1.47 bits per heavy atom. The summed E-state index contributed by atoms with van der Waals surface area (Å²) >= 11 is 2.18. The molecule has 0 spiro atoms. The van der Waals surface area contributed by atoms with Gasteiger partial charge in [0.1, 0.15) is 0 Å². The zero-order valence-electron chi connectivity index (χ0n) is 9.05. The van der Waals surface area contributed by atoms with E-state index in [-0.39, 0.29) is 0 Å². The first-order valence-electron chi connectivity index (χ1n) is 5.00. The number of nitriles is 1. The Labute approximate surface area is 114 Å². The molecule has 78 valence electrons. The van der Waals surface area contributed by atoms with Crippen LogP contribution in [0, 0.1) is 16.7 Å². The quantitative estimate of drug-likeness (QED) is 0.495. The van der Waals surface area contributed by atoms with Crippen LogP contribution in [-0.4, -0.2) is 8.42 Å². The number of thiocyanates is 1. The molecular weight excluding hydrogens is 282 g/mol. The van der Waals surface area contributed by atoms with E-state index in [9.17, 15) is 0 Å². The van der Waals surface area contributed by atoms with Crippen molar-refractivity contribution in [1.82, 2.24) is 4.98 Å². The van der Waals surface area contributed by atoms with Crippen LogP contribution < -0.4 is 0 Å². The average molecular weight is 289 g/mol. The summed E-state index contributed by atoms with van der Waals surface area (Å²) in [6, 6.07) is 13.0. The van der Waals surface area contributed by atoms with Gasteiger partial charge in [0, 0.05) is 0 Å². The van der Waals surface area contributed by atoms with Crippen LogP contribution in [0.15, 0.2) is 36.4 Å². The van der Waals surface area contributed by atoms with E-state index in [0.29, 0.717) is 0 Å². The first kappa shape index (κ1) is 12.2. The van der Waals surface area contributed by atoms with E-state index in [1.54, 1.807) is 0 Å². The van der Waals surface area contributed by atoms with E-state index in [1.165, 1.54) is 11.8 Å². The summed E-state index contributed by atoms with van der Waals surface area (Å²) < 4.78 is 1.07. The second kappa shape index (κ2) is 5.86.